The number of aromatic nitrogens is 3. The summed E-state index contributed by atoms with van der Waals surface area (Å²) in [5, 5.41) is 5.88. The van der Waals surface area contributed by atoms with E-state index in [2.05, 4.69) is 20.6 Å². The summed E-state index contributed by atoms with van der Waals surface area (Å²) in [7, 11) is -4.09. The lowest BCUT2D eigenvalue weighted by Crippen LogP contribution is -2.34. The first-order valence-corrected chi connectivity index (χ1v) is 14.8. The van der Waals surface area contributed by atoms with Crippen LogP contribution in [0.3, 0.4) is 0 Å². The monoisotopic (exact) mass is 622 g/mol. The number of carbonyl (C=O) groups excluding carboxylic acids is 1. The van der Waals surface area contributed by atoms with E-state index in [-0.39, 0.29) is 19.9 Å². The van der Waals surface area contributed by atoms with Crippen molar-refractivity contribution in [1.82, 2.24) is 19.3 Å². The molecule has 0 radical (unpaired) electrons. The molecule has 0 spiro atoms. The fourth-order valence-electron chi connectivity index (χ4n) is 3.58. The molecule has 5 aromatic rings. The third-order valence-corrected chi connectivity index (χ3v) is 9.48. The van der Waals surface area contributed by atoms with Crippen molar-refractivity contribution in [3.63, 3.8) is 0 Å². The summed E-state index contributed by atoms with van der Waals surface area (Å²) in [4.78, 5) is 45.8. The molecular weight excluding hydrogens is 607 g/mol. The molecule has 0 bridgehead atoms. The number of thiophene rings is 1. The van der Waals surface area contributed by atoms with Gasteiger partial charge in [0.15, 0.2) is 4.47 Å². The van der Waals surface area contributed by atoms with Crippen LogP contribution in [0.1, 0.15) is 4.88 Å². The molecule has 39 heavy (non-hydrogen) atoms. The van der Waals surface area contributed by atoms with Crippen LogP contribution in [-0.4, -0.2) is 29.0 Å². The number of thiazole rings is 1. The van der Waals surface area contributed by atoms with E-state index < -0.39 is 27.3 Å². The van der Waals surface area contributed by atoms with Gasteiger partial charge in [0.2, 0.25) is 0 Å². The number of halogens is 2. The van der Waals surface area contributed by atoms with E-state index in [1.54, 1.807) is 24.4 Å². The molecule has 0 unspecified atom stereocenters. The number of rotatable bonds is 7. The summed E-state index contributed by atoms with van der Waals surface area (Å²) in [6.45, 7) is 0.476. The summed E-state index contributed by atoms with van der Waals surface area (Å²) >= 11 is 13.8. The van der Waals surface area contributed by atoms with Crippen LogP contribution >= 0.6 is 45.9 Å². The van der Waals surface area contributed by atoms with Crippen LogP contribution in [0.25, 0.3) is 16.6 Å². The molecule has 16 heteroatoms. The Hall–Kier alpha value is -3.69. The zero-order valence-corrected chi connectivity index (χ0v) is 23.4. The largest absolute Gasteiger partial charge is 0.380 e. The van der Waals surface area contributed by atoms with E-state index in [4.69, 9.17) is 23.2 Å². The lowest BCUT2D eigenvalue weighted by molar-refractivity contribution is 0.256. The average Bonchev–Trinajstić information content (AvgIpc) is 3.51. The molecule has 0 atom stereocenters. The van der Waals surface area contributed by atoms with Crippen molar-refractivity contribution in [2.75, 3.05) is 10.6 Å². The third-order valence-electron chi connectivity index (χ3n) is 5.31. The SMILES string of the molecule is O=C(Nc1ccc(-n2c(=O)[nH]c3cc(NCc4cnc(Cl)s4)ccc3c2=O)cc1)NS(=O)(=O)c1ccc(Cl)s1. The van der Waals surface area contributed by atoms with Gasteiger partial charge in [0, 0.05) is 22.4 Å². The first-order valence-electron chi connectivity index (χ1n) is 10.9. The topological polar surface area (TPSA) is 155 Å². The molecule has 3 aromatic heterocycles. The van der Waals surface area contributed by atoms with Crippen LogP contribution in [0.15, 0.2) is 74.6 Å². The lowest BCUT2D eigenvalue weighted by atomic mass is 10.2. The smallest absolute Gasteiger partial charge is 0.333 e. The van der Waals surface area contributed by atoms with Crippen molar-refractivity contribution in [1.29, 1.82) is 0 Å². The van der Waals surface area contributed by atoms with E-state index in [1.165, 1.54) is 47.7 Å². The minimum absolute atomic E-state index is 0.111. The van der Waals surface area contributed by atoms with Crippen LogP contribution in [0.4, 0.5) is 16.2 Å². The van der Waals surface area contributed by atoms with Crippen LogP contribution < -0.4 is 26.6 Å². The van der Waals surface area contributed by atoms with Gasteiger partial charge in [-0.2, -0.15) is 0 Å². The number of amides is 2. The summed E-state index contributed by atoms with van der Waals surface area (Å²) in [5.74, 6) is 0. The van der Waals surface area contributed by atoms with Crippen molar-refractivity contribution in [3.8, 4) is 5.69 Å². The van der Waals surface area contributed by atoms with Crippen molar-refractivity contribution >= 4 is 84.2 Å². The van der Waals surface area contributed by atoms with Gasteiger partial charge in [0.05, 0.1) is 27.5 Å². The number of nitrogens with one attached hydrogen (secondary N) is 4. The number of anilines is 2. The Morgan fingerprint density at radius 1 is 1.00 bits per heavy atom. The second-order valence-electron chi connectivity index (χ2n) is 7.93. The number of H-pyrrole nitrogens is 1. The molecule has 200 valence electrons. The number of hydrogen-bond acceptors (Lipinski definition) is 9. The Kier molecular flexibility index (Phi) is 7.46. The van der Waals surface area contributed by atoms with Crippen molar-refractivity contribution in [3.05, 3.63) is 95.3 Å². The van der Waals surface area contributed by atoms with Crippen LogP contribution in [0.5, 0.6) is 0 Å². The Labute approximate surface area is 238 Å². The number of urea groups is 1. The van der Waals surface area contributed by atoms with Crippen LogP contribution in [-0.2, 0) is 16.6 Å². The second-order valence-corrected chi connectivity index (χ2v) is 13.3. The number of nitrogens with zero attached hydrogens (tertiary/aromatic N) is 2. The van der Waals surface area contributed by atoms with Gasteiger partial charge in [-0.15, -0.1) is 22.7 Å². The minimum Gasteiger partial charge on any atom is -0.380 e. The maximum atomic E-state index is 13.1. The van der Waals surface area contributed by atoms with Gasteiger partial charge >= 0.3 is 11.7 Å². The molecule has 2 aromatic carbocycles. The van der Waals surface area contributed by atoms with Gasteiger partial charge in [0.25, 0.3) is 15.6 Å². The van der Waals surface area contributed by atoms with Gasteiger partial charge in [-0.05, 0) is 54.6 Å². The minimum atomic E-state index is -4.09. The highest BCUT2D eigenvalue weighted by Crippen LogP contribution is 2.25. The van der Waals surface area contributed by atoms with Gasteiger partial charge in [-0.3, -0.25) is 4.79 Å². The summed E-state index contributed by atoms with van der Waals surface area (Å²) < 4.78 is 28.0. The highest BCUT2D eigenvalue weighted by molar-refractivity contribution is 7.92. The van der Waals surface area contributed by atoms with Gasteiger partial charge in [-0.25, -0.2) is 32.3 Å². The normalized spacial score (nSPS) is 11.4. The van der Waals surface area contributed by atoms with E-state index in [1.807, 2.05) is 4.72 Å². The molecular formula is C23H16Cl2N6O5S3. The molecule has 0 aliphatic rings. The molecule has 5 rings (SSSR count). The number of carbonyl (C=O) groups is 1. The van der Waals surface area contributed by atoms with Gasteiger partial charge in [0.1, 0.15) is 4.21 Å². The second kappa shape index (κ2) is 10.8. The standard InChI is InChI=1S/C23H16Cl2N6O5S3/c24-18-7-8-19(38-18)39(35,36)30-22(33)28-12-1-4-14(5-2-12)31-20(32)16-6-3-13(9-17(16)29-23(31)34)26-10-15-11-27-21(25)37-15/h1-9,11,26H,10H2,(H,29,34)(H2,28,30,33). The molecule has 0 saturated carbocycles. The number of hydrogen-bond donors (Lipinski definition) is 4. The molecule has 0 fully saturated rings. The molecule has 3 heterocycles. The third kappa shape index (κ3) is 5.99. The molecule has 4 N–H and O–H groups in total. The summed E-state index contributed by atoms with van der Waals surface area (Å²) in [6.07, 6.45) is 1.66. The lowest BCUT2D eigenvalue weighted by Gasteiger charge is -2.10. The van der Waals surface area contributed by atoms with Crippen molar-refractivity contribution < 1.29 is 13.2 Å². The van der Waals surface area contributed by atoms with Gasteiger partial charge in [-0.1, -0.05) is 23.2 Å². The number of benzene rings is 2. The summed E-state index contributed by atoms with van der Waals surface area (Å²) in [6, 6.07) is 12.4. The Bertz CT molecular complexity index is 1930. The van der Waals surface area contributed by atoms with Crippen molar-refractivity contribution in [2.45, 2.75) is 10.8 Å². The average molecular weight is 624 g/mol. The van der Waals surface area contributed by atoms with E-state index in [9.17, 15) is 22.8 Å². The first-order chi connectivity index (χ1) is 18.6. The van der Waals surface area contributed by atoms with E-state index in [0.717, 1.165) is 20.8 Å². The number of sulfonamides is 1. The summed E-state index contributed by atoms with van der Waals surface area (Å²) in [5.41, 5.74) is 0.347. The van der Waals surface area contributed by atoms with E-state index >= 15 is 0 Å². The Morgan fingerprint density at radius 2 is 1.74 bits per heavy atom. The van der Waals surface area contributed by atoms with Crippen LogP contribution in [0, 0.1) is 0 Å². The predicted octanol–water partition coefficient (Wildman–Crippen LogP) is 4.63. The maximum absolute atomic E-state index is 13.1. The highest BCUT2D eigenvalue weighted by Gasteiger charge is 2.20. The number of fused-ring (bicyclic) bond motifs is 1. The Balaban J connectivity index is 1.32. The maximum Gasteiger partial charge on any atom is 0.333 e. The molecule has 2 amide bonds. The van der Waals surface area contributed by atoms with Crippen molar-refractivity contribution in [2.24, 2.45) is 0 Å². The van der Waals surface area contributed by atoms with E-state index in [0.29, 0.717) is 27.6 Å². The quantitative estimate of drug-likeness (QED) is 0.206. The molecule has 0 aliphatic heterocycles. The van der Waals surface area contributed by atoms with Gasteiger partial charge < -0.3 is 15.6 Å². The molecule has 11 nitrogen and oxygen atoms in total. The first kappa shape index (κ1) is 26.9. The Morgan fingerprint density at radius 3 is 2.41 bits per heavy atom. The number of aromatic amines is 1. The highest BCUT2D eigenvalue weighted by atomic mass is 35.5. The van der Waals surface area contributed by atoms with Crippen LogP contribution in [0.2, 0.25) is 8.80 Å². The zero-order valence-electron chi connectivity index (χ0n) is 19.4. The fraction of sp³-hybridized carbons (Fsp3) is 0.0435. The zero-order chi connectivity index (χ0) is 27.7. The predicted molar refractivity (Wildman–Crippen MR) is 153 cm³/mol. The molecule has 0 saturated heterocycles. The fourth-order valence-corrected chi connectivity index (χ4v) is 6.89. The molecule has 0 aliphatic carbocycles.